The Morgan fingerprint density at radius 1 is 1.19 bits per heavy atom. The van der Waals surface area contributed by atoms with Crippen molar-refractivity contribution < 1.29 is 4.55 Å². The van der Waals surface area contributed by atoms with Crippen LogP contribution in [-0.4, -0.2) is 36.8 Å². The lowest BCUT2D eigenvalue weighted by atomic mass is 9.73. The maximum absolute atomic E-state index is 13.1. The Hall–Kier alpha value is -1.61. The maximum Gasteiger partial charge on any atom is 0.181 e. The van der Waals surface area contributed by atoms with Gasteiger partial charge < -0.3 is 9.45 Å². The van der Waals surface area contributed by atoms with E-state index in [2.05, 4.69) is 59.8 Å². The summed E-state index contributed by atoms with van der Waals surface area (Å²) in [5.41, 5.74) is 3.80. The highest BCUT2D eigenvalue weighted by Crippen LogP contribution is 2.53. The topological polar surface area (TPSA) is 68.5 Å². The Morgan fingerprint density at radius 2 is 1.94 bits per heavy atom. The first-order chi connectivity index (χ1) is 14.8. The molecule has 5 rings (SSSR count). The van der Waals surface area contributed by atoms with E-state index in [1.165, 1.54) is 11.1 Å². The van der Waals surface area contributed by atoms with Gasteiger partial charge in [0.25, 0.3) is 0 Å². The van der Waals surface area contributed by atoms with E-state index in [9.17, 15) is 4.55 Å². The zero-order chi connectivity index (χ0) is 21.8. The number of aromatic nitrogens is 3. The molecule has 0 amide bonds. The van der Waals surface area contributed by atoms with Crippen LogP contribution in [0.5, 0.6) is 0 Å². The van der Waals surface area contributed by atoms with Crippen LogP contribution in [0.15, 0.2) is 47.6 Å². The fourth-order valence-electron chi connectivity index (χ4n) is 5.02. The molecule has 6 nitrogen and oxygen atoms in total. The predicted molar refractivity (Wildman–Crippen MR) is 128 cm³/mol. The molecule has 0 saturated carbocycles. The molecule has 8 heteroatoms. The van der Waals surface area contributed by atoms with E-state index < -0.39 is 11.4 Å². The van der Waals surface area contributed by atoms with Crippen molar-refractivity contribution in [3.05, 3.63) is 58.7 Å². The van der Waals surface area contributed by atoms with Crippen LogP contribution in [0, 0.1) is 5.41 Å². The number of nitrogens with zero attached hydrogens (tertiary/aromatic N) is 4. The van der Waals surface area contributed by atoms with Crippen molar-refractivity contribution in [2.75, 3.05) is 18.0 Å². The summed E-state index contributed by atoms with van der Waals surface area (Å²) in [4.78, 5) is 11.4. The number of rotatable bonds is 3. The molecule has 31 heavy (non-hydrogen) atoms. The summed E-state index contributed by atoms with van der Waals surface area (Å²) >= 11 is 2.39. The number of piperidine rings is 1. The van der Waals surface area contributed by atoms with Crippen LogP contribution in [0.3, 0.4) is 0 Å². The second kappa shape index (κ2) is 7.76. The normalized spacial score (nSPS) is 21.6. The van der Waals surface area contributed by atoms with Gasteiger partial charge in [0.15, 0.2) is 10.6 Å². The minimum atomic E-state index is -1.12. The van der Waals surface area contributed by atoms with Gasteiger partial charge >= 0.3 is 0 Å². The van der Waals surface area contributed by atoms with Crippen molar-refractivity contribution in [2.24, 2.45) is 5.41 Å². The molecule has 2 aromatic heterocycles. The first-order valence-electron chi connectivity index (χ1n) is 10.8. The van der Waals surface area contributed by atoms with E-state index in [4.69, 9.17) is 0 Å². The Balaban J connectivity index is 1.42. The molecule has 1 saturated heterocycles. The highest BCUT2D eigenvalue weighted by Gasteiger charge is 2.50. The molecule has 1 aromatic carbocycles. The van der Waals surface area contributed by atoms with E-state index in [0.29, 0.717) is 0 Å². The van der Waals surface area contributed by atoms with Crippen LogP contribution < -0.4 is 9.62 Å². The van der Waals surface area contributed by atoms with Gasteiger partial charge in [-0.2, -0.15) is 0 Å². The third-order valence-corrected chi connectivity index (χ3v) is 8.90. The highest BCUT2D eigenvalue weighted by atomic mass is 79.9. The number of hydrogen-bond acceptors (Lipinski definition) is 5. The molecule has 1 fully saturated rings. The summed E-state index contributed by atoms with van der Waals surface area (Å²) in [6, 6.07) is 8.77. The first-order valence-corrected chi connectivity index (χ1v) is 12.7. The van der Waals surface area contributed by atoms with Crippen molar-refractivity contribution >= 4 is 38.6 Å². The fraction of sp³-hybridized carbons (Fsp3) is 0.478. The number of imidazole rings is 1. The SMILES string of the molecule is CC(C)(C)[S@@+]([O-])N[C@@H]1c2ccccc2CC12CCN(c1nccn3c(Br)ncc13)CC2. The molecule has 0 unspecified atom stereocenters. The number of benzene rings is 1. The van der Waals surface area contributed by atoms with Gasteiger partial charge in [-0.05, 0) is 67.1 Å². The molecule has 3 aromatic rings. The van der Waals surface area contributed by atoms with E-state index >= 15 is 0 Å². The molecule has 1 N–H and O–H groups in total. The Bertz CT molecular complexity index is 1100. The summed E-state index contributed by atoms with van der Waals surface area (Å²) < 4.78 is 19.1. The van der Waals surface area contributed by atoms with E-state index in [1.807, 2.05) is 43.8 Å². The smallest absolute Gasteiger partial charge is 0.181 e. The lowest BCUT2D eigenvalue weighted by Gasteiger charge is -2.44. The summed E-state index contributed by atoms with van der Waals surface area (Å²) in [6.07, 6.45) is 8.72. The summed E-state index contributed by atoms with van der Waals surface area (Å²) in [7, 11) is 0. The van der Waals surface area contributed by atoms with Crippen LogP contribution in [0.4, 0.5) is 5.82 Å². The molecule has 1 aliphatic carbocycles. The molecule has 0 radical (unpaired) electrons. The Morgan fingerprint density at radius 3 is 2.68 bits per heavy atom. The molecule has 164 valence electrons. The van der Waals surface area contributed by atoms with E-state index in [-0.39, 0.29) is 16.2 Å². The van der Waals surface area contributed by atoms with Crippen molar-refractivity contribution in [3.8, 4) is 0 Å². The number of nitrogens with one attached hydrogen (secondary N) is 1. The molecule has 2 aliphatic rings. The molecule has 2 atom stereocenters. The van der Waals surface area contributed by atoms with E-state index in [1.54, 1.807) is 0 Å². The Labute approximate surface area is 194 Å². The van der Waals surface area contributed by atoms with Gasteiger partial charge in [0.05, 0.1) is 12.2 Å². The fourth-order valence-corrected chi connectivity index (χ4v) is 6.37. The average molecular weight is 502 g/mol. The lowest BCUT2D eigenvalue weighted by molar-refractivity contribution is 0.176. The largest absolute Gasteiger partial charge is 0.598 e. The monoisotopic (exact) mass is 501 g/mol. The maximum atomic E-state index is 13.1. The molecular formula is C23H28BrN5OS. The van der Waals surface area contributed by atoms with E-state index in [0.717, 1.165) is 48.4 Å². The average Bonchev–Trinajstić information content (AvgIpc) is 3.26. The number of hydrogen-bond donors (Lipinski definition) is 1. The number of halogens is 1. The highest BCUT2D eigenvalue weighted by molar-refractivity contribution is 9.10. The number of fused-ring (bicyclic) bond motifs is 2. The second-order valence-electron chi connectivity index (χ2n) is 9.69. The molecule has 0 bridgehead atoms. The van der Waals surface area contributed by atoms with Gasteiger partial charge in [-0.1, -0.05) is 24.3 Å². The van der Waals surface area contributed by atoms with Gasteiger partial charge in [-0.3, -0.25) is 4.40 Å². The third-order valence-electron chi connectivity index (χ3n) is 6.75. The first kappa shape index (κ1) is 21.2. The van der Waals surface area contributed by atoms with Gasteiger partial charge in [0, 0.05) is 42.3 Å². The minimum absolute atomic E-state index is 0.0764. The van der Waals surface area contributed by atoms with Crippen LogP contribution in [-0.2, 0) is 17.8 Å². The minimum Gasteiger partial charge on any atom is -0.598 e. The van der Waals surface area contributed by atoms with Crippen LogP contribution in [0.2, 0.25) is 0 Å². The third kappa shape index (κ3) is 3.67. The number of anilines is 1. The van der Waals surface area contributed by atoms with Crippen molar-refractivity contribution in [1.29, 1.82) is 0 Å². The lowest BCUT2D eigenvalue weighted by Crippen LogP contribution is -2.49. The molecule has 1 spiro atoms. The predicted octanol–water partition coefficient (Wildman–Crippen LogP) is 4.43. The van der Waals surface area contributed by atoms with Crippen LogP contribution in [0.25, 0.3) is 5.52 Å². The zero-order valence-electron chi connectivity index (χ0n) is 18.1. The van der Waals surface area contributed by atoms with Gasteiger partial charge in [0.2, 0.25) is 0 Å². The quantitative estimate of drug-likeness (QED) is 0.537. The Kier molecular flexibility index (Phi) is 5.32. The second-order valence-corrected chi connectivity index (χ2v) is 12.4. The van der Waals surface area contributed by atoms with Gasteiger partial charge in [0.1, 0.15) is 10.3 Å². The van der Waals surface area contributed by atoms with Gasteiger partial charge in [-0.15, -0.1) is 4.72 Å². The van der Waals surface area contributed by atoms with Crippen molar-refractivity contribution in [3.63, 3.8) is 0 Å². The van der Waals surface area contributed by atoms with Crippen molar-refractivity contribution in [1.82, 2.24) is 19.1 Å². The standard InChI is InChI=1S/C23H28BrN5OS/c1-22(2,3)31(30)27-19-17-7-5-4-6-16(17)14-23(19)8-11-28(12-9-23)20-18-15-26-21(24)29(18)13-10-25-20/h4-7,10,13,15,19,27H,8-9,11-12,14H2,1-3H3/t19-,31-/m1/s1. The molecule has 1 aliphatic heterocycles. The van der Waals surface area contributed by atoms with Crippen LogP contribution in [0.1, 0.15) is 50.8 Å². The zero-order valence-corrected chi connectivity index (χ0v) is 20.5. The molecular weight excluding hydrogens is 474 g/mol. The summed E-state index contributed by atoms with van der Waals surface area (Å²) in [5.74, 6) is 0.980. The van der Waals surface area contributed by atoms with Crippen LogP contribution >= 0.6 is 15.9 Å². The summed E-state index contributed by atoms with van der Waals surface area (Å²) in [5, 5.41) is 0. The van der Waals surface area contributed by atoms with Gasteiger partial charge in [-0.25, -0.2) is 9.97 Å². The molecule has 3 heterocycles. The summed E-state index contributed by atoms with van der Waals surface area (Å²) in [6.45, 7) is 7.93. The van der Waals surface area contributed by atoms with Crippen molar-refractivity contribution in [2.45, 2.75) is 50.8 Å².